The molecule has 156 valence electrons. The number of benzene rings is 2. The van der Waals surface area contributed by atoms with Gasteiger partial charge >= 0.3 is 12.0 Å². The third-order valence-corrected chi connectivity index (χ3v) is 5.31. The summed E-state index contributed by atoms with van der Waals surface area (Å²) in [6, 6.07) is 13.3. The van der Waals surface area contributed by atoms with Crippen molar-refractivity contribution in [3.05, 3.63) is 69.8 Å². The lowest BCUT2D eigenvalue weighted by molar-refractivity contribution is -0.385. The van der Waals surface area contributed by atoms with Gasteiger partial charge in [-0.2, -0.15) is 0 Å². The number of urea groups is 1. The number of amides is 2. The summed E-state index contributed by atoms with van der Waals surface area (Å²) in [7, 11) is 0. The Bertz CT molecular complexity index is 995. The summed E-state index contributed by atoms with van der Waals surface area (Å²) in [5, 5.41) is 11.5. The predicted molar refractivity (Wildman–Crippen MR) is 107 cm³/mol. The number of fused-ring (bicyclic) bond motifs is 3. The third kappa shape index (κ3) is 3.17. The number of carbonyl (C=O) groups excluding carboxylic acids is 2. The predicted octanol–water partition coefficient (Wildman–Crippen LogP) is 3.02. The lowest BCUT2D eigenvalue weighted by Crippen LogP contribution is -2.63. The minimum absolute atomic E-state index is 0.0184. The van der Waals surface area contributed by atoms with Crippen LogP contribution in [0.2, 0.25) is 0 Å². The summed E-state index contributed by atoms with van der Waals surface area (Å²) < 4.78 is 11.3. The van der Waals surface area contributed by atoms with Crippen molar-refractivity contribution in [1.82, 2.24) is 4.90 Å². The Morgan fingerprint density at radius 1 is 1.27 bits per heavy atom. The van der Waals surface area contributed by atoms with Crippen molar-refractivity contribution in [2.24, 2.45) is 0 Å². The molecule has 0 aliphatic carbocycles. The maximum atomic E-state index is 13.5. The quantitative estimate of drug-likeness (QED) is 0.426. The molecule has 2 aliphatic rings. The Morgan fingerprint density at radius 2 is 2.03 bits per heavy atom. The first-order chi connectivity index (χ1) is 14.4. The molecular weight excluding hydrogens is 390 g/mol. The van der Waals surface area contributed by atoms with Gasteiger partial charge in [0, 0.05) is 36.7 Å². The molecule has 0 bridgehead atoms. The van der Waals surface area contributed by atoms with Gasteiger partial charge in [0.15, 0.2) is 5.72 Å². The van der Waals surface area contributed by atoms with E-state index in [-0.39, 0.29) is 24.9 Å². The van der Waals surface area contributed by atoms with Crippen LogP contribution in [0.3, 0.4) is 0 Å². The maximum absolute atomic E-state index is 13.5. The largest absolute Gasteiger partial charge is 0.464 e. The minimum Gasteiger partial charge on any atom is -0.464 e. The number of anilines is 1. The van der Waals surface area contributed by atoms with E-state index in [9.17, 15) is 19.7 Å². The zero-order chi connectivity index (χ0) is 21.3. The van der Waals surface area contributed by atoms with Crippen molar-refractivity contribution >= 4 is 23.4 Å². The zero-order valence-electron chi connectivity index (χ0n) is 16.4. The number of nitrogens with zero attached hydrogens (tertiary/aromatic N) is 3. The van der Waals surface area contributed by atoms with Crippen LogP contribution >= 0.6 is 0 Å². The van der Waals surface area contributed by atoms with Crippen LogP contribution in [0.1, 0.15) is 24.5 Å². The van der Waals surface area contributed by atoms with E-state index in [1.165, 1.54) is 24.0 Å². The molecule has 30 heavy (non-hydrogen) atoms. The van der Waals surface area contributed by atoms with Crippen molar-refractivity contribution in [2.75, 3.05) is 31.2 Å². The number of nitro groups is 1. The summed E-state index contributed by atoms with van der Waals surface area (Å²) >= 11 is 0. The van der Waals surface area contributed by atoms with Crippen LogP contribution in [0, 0.1) is 10.1 Å². The van der Waals surface area contributed by atoms with Gasteiger partial charge in [-0.25, -0.2) is 4.79 Å². The van der Waals surface area contributed by atoms with E-state index in [0.29, 0.717) is 30.8 Å². The fraction of sp³-hybridized carbons (Fsp3) is 0.333. The molecule has 1 atom stereocenters. The van der Waals surface area contributed by atoms with E-state index in [0.717, 1.165) is 5.56 Å². The smallest absolute Gasteiger partial charge is 0.327 e. The summed E-state index contributed by atoms with van der Waals surface area (Å²) in [5.74, 6) is -0.441. The summed E-state index contributed by atoms with van der Waals surface area (Å²) in [5.41, 5.74) is 0.396. The van der Waals surface area contributed by atoms with E-state index < -0.39 is 16.6 Å². The van der Waals surface area contributed by atoms with E-state index in [4.69, 9.17) is 9.47 Å². The monoisotopic (exact) mass is 411 g/mol. The Labute approximate surface area is 172 Å². The van der Waals surface area contributed by atoms with Gasteiger partial charge in [-0.1, -0.05) is 30.3 Å². The van der Waals surface area contributed by atoms with Gasteiger partial charge in [-0.15, -0.1) is 0 Å². The topological polar surface area (TPSA) is 102 Å². The van der Waals surface area contributed by atoms with Gasteiger partial charge in [-0.3, -0.25) is 24.7 Å². The number of nitro benzene ring substituents is 1. The highest BCUT2D eigenvalue weighted by Crippen LogP contribution is 2.48. The van der Waals surface area contributed by atoms with E-state index in [1.807, 2.05) is 30.3 Å². The molecule has 0 N–H and O–H groups in total. The van der Waals surface area contributed by atoms with Crippen LogP contribution in [0.25, 0.3) is 0 Å². The second-order valence-electron chi connectivity index (χ2n) is 7.10. The molecule has 0 radical (unpaired) electrons. The summed E-state index contributed by atoms with van der Waals surface area (Å²) in [4.78, 5) is 38.8. The average Bonchev–Trinajstić information content (AvgIpc) is 2.76. The first kappa shape index (κ1) is 19.8. The fourth-order valence-corrected chi connectivity index (χ4v) is 4.08. The molecule has 0 spiro atoms. The molecule has 2 aliphatic heterocycles. The molecular formula is C21H21N3O6. The summed E-state index contributed by atoms with van der Waals surface area (Å²) in [6.07, 6.45) is 0.641. The lowest BCUT2D eigenvalue weighted by atomic mass is 9.87. The molecule has 0 saturated carbocycles. The molecule has 0 aromatic heterocycles. The molecule has 9 nitrogen and oxygen atoms in total. The average molecular weight is 411 g/mol. The van der Waals surface area contributed by atoms with Crippen LogP contribution in [-0.4, -0.2) is 48.1 Å². The van der Waals surface area contributed by atoms with Crippen LogP contribution < -0.4 is 4.90 Å². The number of esters is 1. The standard InChI is InChI=1S/C21H21N3O6/c1-15(25)29-13-11-22-19-9-8-17(24(27)28)14-18(19)21(16-6-3-2-4-7-16)23(20(22)26)10-5-12-30-21/h2-4,6-9,14H,5,10-13H2,1H3. The van der Waals surface area contributed by atoms with Crippen LogP contribution in [0.15, 0.2) is 48.5 Å². The Hall–Kier alpha value is -3.46. The lowest BCUT2D eigenvalue weighted by Gasteiger charge is -2.52. The molecule has 2 aromatic rings. The van der Waals surface area contributed by atoms with E-state index in [1.54, 1.807) is 11.0 Å². The van der Waals surface area contributed by atoms with Crippen LogP contribution in [0.4, 0.5) is 16.2 Å². The van der Waals surface area contributed by atoms with Crippen molar-refractivity contribution in [3.63, 3.8) is 0 Å². The summed E-state index contributed by atoms with van der Waals surface area (Å²) in [6.45, 7) is 2.29. The number of hydrogen-bond donors (Lipinski definition) is 0. The molecule has 2 heterocycles. The number of non-ortho nitro benzene ring substituents is 1. The van der Waals surface area contributed by atoms with Crippen molar-refractivity contribution in [2.45, 2.75) is 19.1 Å². The van der Waals surface area contributed by atoms with Crippen molar-refractivity contribution in [1.29, 1.82) is 0 Å². The molecule has 2 aromatic carbocycles. The van der Waals surface area contributed by atoms with Crippen molar-refractivity contribution < 1.29 is 24.0 Å². The SMILES string of the molecule is CC(=O)OCCN1C(=O)N2CCCOC2(c2ccccc2)c2cc([N+](=O)[O-])ccc21. The first-order valence-electron chi connectivity index (χ1n) is 9.66. The highest BCUT2D eigenvalue weighted by atomic mass is 16.6. The fourth-order valence-electron chi connectivity index (χ4n) is 4.08. The van der Waals surface area contributed by atoms with E-state index >= 15 is 0 Å². The van der Waals surface area contributed by atoms with Gasteiger partial charge in [0.2, 0.25) is 0 Å². The highest BCUT2D eigenvalue weighted by Gasteiger charge is 2.53. The maximum Gasteiger partial charge on any atom is 0.327 e. The number of ether oxygens (including phenoxy) is 2. The second kappa shape index (κ2) is 7.75. The molecule has 1 unspecified atom stereocenters. The molecule has 1 saturated heterocycles. The van der Waals surface area contributed by atoms with Gasteiger partial charge in [0.1, 0.15) is 6.61 Å². The molecule has 1 fully saturated rings. The van der Waals surface area contributed by atoms with E-state index in [2.05, 4.69) is 0 Å². The van der Waals surface area contributed by atoms with Gasteiger partial charge < -0.3 is 9.47 Å². The Kier molecular flexibility index (Phi) is 5.13. The van der Waals surface area contributed by atoms with Gasteiger partial charge in [-0.05, 0) is 12.5 Å². The number of rotatable bonds is 5. The highest BCUT2D eigenvalue weighted by molar-refractivity contribution is 5.97. The second-order valence-corrected chi connectivity index (χ2v) is 7.10. The van der Waals surface area contributed by atoms with Crippen molar-refractivity contribution in [3.8, 4) is 0 Å². The number of hydrogen-bond acceptors (Lipinski definition) is 6. The zero-order valence-corrected chi connectivity index (χ0v) is 16.4. The number of carbonyl (C=O) groups is 2. The van der Waals surface area contributed by atoms with Gasteiger partial charge in [0.05, 0.1) is 23.8 Å². The Balaban J connectivity index is 1.90. The van der Waals surface area contributed by atoms with Crippen LogP contribution in [0.5, 0.6) is 0 Å². The molecule has 9 heteroatoms. The minimum atomic E-state index is -1.25. The molecule has 4 rings (SSSR count). The van der Waals surface area contributed by atoms with Crippen LogP contribution in [-0.2, 0) is 20.0 Å². The molecule has 2 amide bonds. The first-order valence-corrected chi connectivity index (χ1v) is 9.66. The normalized spacial score (nSPS) is 20.4. The van der Waals surface area contributed by atoms with Gasteiger partial charge in [0.25, 0.3) is 5.69 Å². The third-order valence-electron chi connectivity index (χ3n) is 5.31. The Morgan fingerprint density at radius 3 is 2.73 bits per heavy atom.